The molecule has 0 fully saturated rings. The van der Waals surface area contributed by atoms with E-state index in [4.69, 9.17) is 0 Å². The molecule has 0 amide bonds. The molecule has 3 heterocycles. The zero-order chi connectivity index (χ0) is 24.0. The van der Waals surface area contributed by atoms with Gasteiger partial charge in [0.1, 0.15) is 32.9 Å². The van der Waals surface area contributed by atoms with E-state index in [9.17, 15) is 21.6 Å². The number of hydrogen-bond donors (Lipinski definition) is 1. The Morgan fingerprint density at radius 1 is 0.912 bits per heavy atom. The van der Waals surface area contributed by atoms with Crippen LogP contribution in [0.2, 0.25) is 0 Å². The SMILES string of the molecule is O=S(=O)(Nc1ccc(F)c(-c2nn3ccsc3c2-c2ccncc2)c1F)c1cc(F)ccc1F. The minimum atomic E-state index is -4.74. The van der Waals surface area contributed by atoms with Gasteiger partial charge in [0.15, 0.2) is 5.82 Å². The van der Waals surface area contributed by atoms with Gasteiger partial charge >= 0.3 is 0 Å². The lowest BCUT2D eigenvalue weighted by Gasteiger charge is -2.13. The van der Waals surface area contributed by atoms with Crippen LogP contribution in [0.5, 0.6) is 0 Å². The maximum Gasteiger partial charge on any atom is 0.265 e. The molecular weight excluding hydrogens is 492 g/mol. The van der Waals surface area contributed by atoms with E-state index in [1.807, 2.05) is 4.72 Å². The van der Waals surface area contributed by atoms with Crippen LogP contribution in [0.4, 0.5) is 23.2 Å². The molecule has 1 N–H and O–H groups in total. The van der Waals surface area contributed by atoms with Crippen LogP contribution in [0.1, 0.15) is 0 Å². The summed E-state index contributed by atoms with van der Waals surface area (Å²) < 4.78 is 86.7. The van der Waals surface area contributed by atoms with Gasteiger partial charge < -0.3 is 0 Å². The minimum absolute atomic E-state index is 0.0639. The van der Waals surface area contributed by atoms with Gasteiger partial charge in [0, 0.05) is 29.5 Å². The van der Waals surface area contributed by atoms with E-state index in [0.29, 0.717) is 28.1 Å². The van der Waals surface area contributed by atoms with Crippen LogP contribution in [0.15, 0.2) is 71.3 Å². The molecule has 0 spiro atoms. The van der Waals surface area contributed by atoms with Gasteiger partial charge in [0.25, 0.3) is 10.0 Å². The van der Waals surface area contributed by atoms with E-state index in [2.05, 4.69) is 10.1 Å². The normalized spacial score (nSPS) is 11.8. The highest BCUT2D eigenvalue weighted by atomic mass is 32.2. The highest BCUT2D eigenvalue weighted by Crippen LogP contribution is 2.40. The van der Waals surface area contributed by atoms with Gasteiger partial charge in [0.05, 0.1) is 11.3 Å². The summed E-state index contributed by atoms with van der Waals surface area (Å²) >= 11 is 1.30. The fourth-order valence-corrected chi connectivity index (χ4v) is 5.47. The molecule has 0 atom stereocenters. The molecule has 0 radical (unpaired) electrons. The molecule has 5 rings (SSSR count). The average Bonchev–Trinajstić information content (AvgIpc) is 3.39. The van der Waals surface area contributed by atoms with Crippen molar-refractivity contribution in [3.05, 3.63) is 89.7 Å². The van der Waals surface area contributed by atoms with Crippen LogP contribution >= 0.6 is 11.3 Å². The summed E-state index contributed by atoms with van der Waals surface area (Å²) in [6.07, 6.45) is 4.64. The Bertz CT molecular complexity index is 1650. The van der Waals surface area contributed by atoms with Gasteiger partial charge in [-0.05, 0) is 48.0 Å². The minimum Gasteiger partial charge on any atom is -0.277 e. The summed E-state index contributed by atoms with van der Waals surface area (Å²) in [5.74, 6) is -4.48. The van der Waals surface area contributed by atoms with Crippen molar-refractivity contribution in [2.45, 2.75) is 4.90 Å². The zero-order valence-electron chi connectivity index (χ0n) is 16.8. The zero-order valence-corrected chi connectivity index (χ0v) is 18.5. The van der Waals surface area contributed by atoms with E-state index in [1.54, 1.807) is 23.7 Å². The van der Waals surface area contributed by atoms with Gasteiger partial charge in [-0.15, -0.1) is 11.3 Å². The van der Waals surface area contributed by atoms with E-state index < -0.39 is 49.4 Å². The van der Waals surface area contributed by atoms with Crippen LogP contribution < -0.4 is 4.72 Å². The average molecular weight is 504 g/mol. The first-order chi connectivity index (χ1) is 16.3. The van der Waals surface area contributed by atoms with Crippen molar-refractivity contribution >= 4 is 31.9 Å². The number of benzene rings is 2. The number of halogens is 4. The number of pyridine rings is 1. The number of anilines is 1. The predicted octanol–water partition coefficient (Wildman–Crippen LogP) is 5.48. The number of nitrogens with one attached hydrogen (secondary N) is 1. The van der Waals surface area contributed by atoms with E-state index in [-0.39, 0.29) is 5.69 Å². The maximum absolute atomic E-state index is 15.6. The molecular formula is C22H12F4N4O2S2. The van der Waals surface area contributed by atoms with Gasteiger partial charge in [-0.3, -0.25) is 9.71 Å². The lowest BCUT2D eigenvalue weighted by molar-refractivity contribution is 0.554. The number of aromatic nitrogens is 3. The van der Waals surface area contributed by atoms with E-state index in [0.717, 1.165) is 18.2 Å². The number of hydrogen-bond acceptors (Lipinski definition) is 5. The Morgan fingerprint density at radius 3 is 2.41 bits per heavy atom. The van der Waals surface area contributed by atoms with Gasteiger partial charge in [-0.2, -0.15) is 5.10 Å². The summed E-state index contributed by atoms with van der Waals surface area (Å²) in [5.41, 5.74) is -0.286. The molecule has 0 aliphatic rings. The van der Waals surface area contributed by atoms with Crippen LogP contribution in [-0.4, -0.2) is 23.0 Å². The lowest BCUT2D eigenvalue weighted by atomic mass is 10.0. The Hall–Kier alpha value is -3.77. The second kappa shape index (κ2) is 8.22. The molecule has 5 aromatic rings. The quantitative estimate of drug-likeness (QED) is 0.322. The summed E-state index contributed by atoms with van der Waals surface area (Å²) in [5, 5.41) is 6.05. The van der Waals surface area contributed by atoms with Crippen molar-refractivity contribution < 1.29 is 26.0 Å². The van der Waals surface area contributed by atoms with Gasteiger partial charge in [-0.1, -0.05) is 0 Å². The highest BCUT2D eigenvalue weighted by molar-refractivity contribution is 7.92. The van der Waals surface area contributed by atoms with Crippen molar-refractivity contribution in [2.24, 2.45) is 0 Å². The number of thiazole rings is 1. The van der Waals surface area contributed by atoms with Gasteiger partial charge in [-0.25, -0.2) is 30.5 Å². The molecule has 6 nitrogen and oxygen atoms in total. The molecule has 0 aliphatic carbocycles. The Balaban J connectivity index is 1.67. The first-order valence-corrected chi connectivity index (χ1v) is 11.9. The summed E-state index contributed by atoms with van der Waals surface area (Å²) in [6, 6.07) is 6.86. The van der Waals surface area contributed by atoms with Crippen molar-refractivity contribution in [3.8, 4) is 22.4 Å². The fraction of sp³-hybridized carbons (Fsp3) is 0. The molecule has 3 aromatic heterocycles. The van der Waals surface area contributed by atoms with Crippen molar-refractivity contribution in [2.75, 3.05) is 4.72 Å². The molecule has 12 heteroatoms. The second-order valence-corrected chi connectivity index (χ2v) is 9.62. The second-order valence-electron chi connectivity index (χ2n) is 7.08. The lowest BCUT2D eigenvalue weighted by Crippen LogP contribution is -2.16. The highest BCUT2D eigenvalue weighted by Gasteiger charge is 2.27. The number of sulfonamides is 1. The molecule has 0 bridgehead atoms. The Kier molecular flexibility index (Phi) is 5.33. The van der Waals surface area contributed by atoms with Gasteiger partial charge in [0.2, 0.25) is 0 Å². The number of rotatable bonds is 5. The molecule has 0 saturated carbocycles. The third kappa shape index (κ3) is 3.70. The topological polar surface area (TPSA) is 76.4 Å². The molecule has 2 aromatic carbocycles. The molecule has 0 unspecified atom stereocenters. The number of nitrogens with zero attached hydrogens (tertiary/aromatic N) is 3. The van der Waals surface area contributed by atoms with Crippen molar-refractivity contribution in [1.29, 1.82) is 0 Å². The molecule has 172 valence electrons. The largest absolute Gasteiger partial charge is 0.277 e. The fourth-order valence-electron chi connectivity index (χ4n) is 3.47. The van der Waals surface area contributed by atoms with Crippen molar-refractivity contribution in [1.82, 2.24) is 14.6 Å². The third-order valence-corrected chi connectivity index (χ3v) is 7.22. The maximum atomic E-state index is 15.6. The first kappa shape index (κ1) is 22.0. The Labute approximate surface area is 194 Å². The third-order valence-electron chi connectivity index (χ3n) is 4.97. The monoisotopic (exact) mass is 504 g/mol. The Morgan fingerprint density at radius 2 is 1.65 bits per heavy atom. The summed E-state index contributed by atoms with van der Waals surface area (Å²) in [4.78, 5) is 3.54. The van der Waals surface area contributed by atoms with Crippen molar-refractivity contribution in [3.63, 3.8) is 0 Å². The van der Waals surface area contributed by atoms with Crippen LogP contribution in [-0.2, 0) is 10.0 Å². The van der Waals surface area contributed by atoms with Crippen LogP contribution in [0.25, 0.3) is 27.2 Å². The summed E-state index contributed by atoms with van der Waals surface area (Å²) in [6.45, 7) is 0. The standard InChI is InChI=1S/C22H12F4N4O2S2/c23-13-1-2-14(24)17(11-13)34(31,32)29-16-4-3-15(25)19(20(16)26)21-18(12-5-7-27-8-6-12)22-30(28-21)9-10-33-22/h1-11,29H. The van der Waals surface area contributed by atoms with Crippen LogP contribution in [0, 0.1) is 23.3 Å². The summed E-state index contributed by atoms with van der Waals surface area (Å²) in [7, 11) is -4.74. The van der Waals surface area contributed by atoms with E-state index in [1.165, 1.54) is 28.2 Å². The smallest absolute Gasteiger partial charge is 0.265 e. The van der Waals surface area contributed by atoms with Crippen LogP contribution in [0.3, 0.4) is 0 Å². The molecule has 0 saturated heterocycles. The molecule has 0 aliphatic heterocycles. The van der Waals surface area contributed by atoms with E-state index >= 15 is 4.39 Å². The predicted molar refractivity (Wildman–Crippen MR) is 119 cm³/mol. The number of fused-ring (bicyclic) bond motifs is 1. The first-order valence-electron chi connectivity index (χ1n) is 9.59. The molecule has 34 heavy (non-hydrogen) atoms.